The van der Waals surface area contributed by atoms with Crippen LogP contribution in [0.15, 0.2) is 12.2 Å². The zero-order valence-electron chi connectivity index (χ0n) is 47.8. The second-order valence-electron chi connectivity index (χ2n) is 23.1. The maximum atomic E-state index is 12.5. The van der Waals surface area contributed by atoms with Gasteiger partial charge in [-0.25, -0.2) is 0 Å². The Morgan fingerprint density at radius 3 is 0.873 bits per heavy atom. The molecule has 0 radical (unpaired) electrons. The van der Waals surface area contributed by atoms with Gasteiger partial charge in [-0.3, -0.25) is 9.59 Å². The quantitative estimate of drug-likeness (QED) is 0.0358. The minimum atomic E-state index is -1.12. The SMILES string of the molecule is CCCCCCCCCCCCCCCCCCCCCCCCCC/C=C/CCCCCCCCCCCCCCCCCCCCCCCCCCCCC1CC(=O)OCC(CO)(CO)COC1=O. The van der Waals surface area contributed by atoms with Crippen LogP contribution in [0.5, 0.6) is 0 Å². The average molecular weight is 1000 g/mol. The molecule has 71 heavy (non-hydrogen) atoms. The predicted octanol–water partition coefficient (Wildman–Crippen LogP) is 20.3. The molecule has 6 nitrogen and oxygen atoms in total. The zero-order valence-corrected chi connectivity index (χ0v) is 47.8. The van der Waals surface area contributed by atoms with E-state index in [2.05, 4.69) is 19.1 Å². The van der Waals surface area contributed by atoms with Crippen molar-refractivity contribution < 1.29 is 29.3 Å². The highest BCUT2D eigenvalue weighted by atomic mass is 16.6. The van der Waals surface area contributed by atoms with E-state index in [0.29, 0.717) is 6.42 Å². The average Bonchev–Trinajstić information content (AvgIpc) is 3.44. The third-order valence-electron chi connectivity index (χ3n) is 16.0. The molecule has 1 heterocycles. The Hall–Kier alpha value is -1.40. The molecule has 0 aliphatic carbocycles. The number of hydrogen-bond donors (Lipinski definition) is 2. The van der Waals surface area contributed by atoms with Crippen LogP contribution in [0.4, 0.5) is 0 Å². The van der Waals surface area contributed by atoms with Crippen LogP contribution in [0.25, 0.3) is 0 Å². The Labute approximate surface area is 443 Å². The number of unbranched alkanes of at least 4 members (excludes halogenated alkanes) is 50. The first-order valence-electron chi connectivity index (χ1n) is 32.3. The Morgan fingerprint density at radius 1 is 0.366 bits per heavy atom. The maximum Gasteiger partial charge on any atom is 0.309 e. The first kappa shape index (κ1) is 67.6. The third-order valence-corrected chi connectivity index (χ3v) is 16.0. The van der Waals surface area contributed by atoms with Gasteiger partial charge >= 0.3 is 11.9 Å². The fourth-order valence-electron chi connectivity index (χ4n) is 10.8. The molecule has 1 unspecified atom stereocenters. The molecule has 0 aromatic rings. The number of ether oxygens (including phenoxy) is 2. The summed E-state index contributed by atoms with van der Waals surface area (Å²) >= 11 is 0. The van der Waals surface area contributed by atoms with Gasteiger partial charge in [0.1, 0.15) is 13.2 Å². The molecule has 1 aliphatic rings. The van der Waals surface area contributed by atoms with Crippen LogP contribution in [0.2, 0.25) is 0 Å². The zero-order chi connectivity index (χ0) is 51.1. The van der Waals surface area contributed by atoms with Crippen molar-refractivity contribution >= 4 is 11.9 Å². The number of carbonyl (C=O) groups excluding carboxylic acids is 2. The highest BCUT2D eigenvalue weighted by Gasteiger charge is 2.36. The van der Waals surface area contributed by atoms with Crippen LogP contribution in [-0.2, 0) is 19.1 Å². The van der Waals surface area contributed by atoms with E-state index in [4.69, 9.17) is 9.47 Å². The Balaban J connectivity index is 1.68. The summed E-state index contributed by atoms with van der Waals surface area (Å²) in [6.45, 7) is 1.21. The molecule has 0 amide bonds. The molecular weight excluding hydrogens is 877 g/mol. The summed E-state index contributed by atoms with van der Waals surface area (Å²) < 4.78 is 10.6. The summed E-state index contributed by atoms with van der Waals surface area (Å²) in [5.41, 5.74) is -1.12. The topological polar surface area (TPSA) is 93.1 Å². The van der Waals surface area contributed by atoms with E-state index in [1.165, 1.54) is 315 Å². The van der Waals surface area contributed by atoms with Crippen LogP contribution >= 0.6 is 0 Å². The maximum absolute atomic E-state index is 12.5. The van der Waals surface area contributed by atoms with Gasteiger partial charge in [-0.15, -0.1) is 0 Å². The second-order valence-corrected chi connectivity index (χ2v) is 23.1. The molecule has 0 aromatic carbocycles. The molecule has 0 bridgehead atoms. The minimum Gasteiger partial charge on any atom is -0.465 e. The summed E-state index contributed by atoms with van der Waals surface area (Å²) in [7, 11) is 0. The number of carbonyl (C=O) groups is 2. The van der Waals surface area contributed by atoms with E-state index >= 15 is 0 Å². The van der Waals surface area contributed by atoms with Crippen molar-refractivity contribution in [3.63, 3.8) is 0 Å². The van der Waals surface area contributed by atoms with Crippen molar-refractivity contribution in [2.75, 3.05) is 26.4 Å². The number of allylic oxidation sites excluding steroid dienone is 2. The minimum absolute atomic E-state index is 0.00457. The number of aliphatic hydroxyl groups is 2. The van der Waals surface area contributed by atoms with E-state index in [-0.39, 0.29) is 19.6 Å². The molecule has 0 aromatic heterocycles. The molecule has 1 atom stereocenters. The fraction of sp³-hybridized carbons (Fsp3) is 0.938. The largest absolute Gasteiger partial charge is 0.465 e. The van der Waals surface area contributed by atoms with Crippen molar-refractivity contribution in [2.24, 2.45) is 11.3 Å². The molecule has 6 heteroatoms. The van der Waals surface area contributed by atoms with Gasteiger partial charge in [0.25, 0.3) is 0 Å². The summed E-state index contributed by atoms with van der Waals surface area (Å²) in [4.78, 5) is 24.7. The lowest BCUT2D eigenvalue weighted by atomic mass is 9.92. The lowest BCUT2D eigenvalue weighted by molar-refractivity contribution is -0.155. The van der Waals surface area contributed by atoms with Gasteiger partial charge in [-0.1, -0.05) is 327 Å². The van der Waals surface area contributed by atoms with Crippen LogP contribution < -0.4 is 0 Å². The van der Waals surface area contributed by atoms with E-state index in [1.54, 1.807) is 0 Å². The molecule has 420 valence electrons. The van der Waals surface area contributed by atoms with Gasteiger partial charge in [0.2, 0.25) is 0 Å². The van der Waals surface area contributed by atoms with E-state index < -0.39 is 36.5 Å². The van der Waals surface area contributed by atoms with E-state index in [9.17, 15) is 19.8 Å². The second kappa shape index (κ2) is 54.8. The van der Waals surface area contributed by atoms with Gasteiger partial charge < -0.3 is 19.7 Å². The smallest absolute Gasteiger partial charge is 0.309 e. The first-order chi connectivity index (χ1) is 35.1. The molecule has 1 saturated heterocycles. The summed E-state index contributed by atoms with van der Waals surface area (Å²) in [6.07, 6.45) is 78.7. The molecule has 1 rings (SSSR count). The highest BCUT2D eigenvalue weighted by molar-refractivity contribution is 5.80. The molecule has 1 aliphatic heterocycles. The van der Waals surface area contributed by atoms with Crippen molar-refractivity contribution in [3.8, 4) is 0 Å². The molecule has 0 saturated carbocycles. The number of hydrogen-bond acceptors (Lipinski definition) is 6. The number of rotatable bonds is 56. The summed E-state index contributed by atoms with van der Waals surface area (Å²) in [5.74, 6) is -1.40. The first-order valence-corrected chi connectivity index (χ1v) is 32.3. The molecule has 2 N–H and O–H groups in total. The lowest BCUT2D eigenvalue weighted by Crippen LogP contribution is -2.40. The molecule has 1 fully saturated rings. The van der Waals surface area contributed by atoms with Crippen molar-refractivity contribution in [1.82, 2.24) is 0 Å². The van der Waals surface area contributed by atoms with Crippen LogP contribution in [0.3, 0.4) is 0 Å². The molecular formula is C65H124O6. The standard InChI is InChI=1S/C65H124O6/c1-2-3-4-5-6-7-8-9-10-11-12-13-14-15-16-17-18-19-20-21-22-23-24-25-26-27-28-29-30-31-32-33-34-35-36-37-38-39-40-41-42-43-44-45-46-47-48-49-50-51-52-53-54-55-56-62-57-63(68)70-60-65(58-66,59-67)61-71-64(62)69/h27-28,62,66-67H,2-26,29-61H2,1H3/b28-27+. The van der Waals surface area contributed by atoms with Gasteiger partial charge in [0, 0.05) is 0 Å². The third kappa shape index (κ3) is 46.8. The number of aliphatic hydroxyl groups excluding tert-OH is 2. The number of cyclic esters (lactones) is 2. The lowest BCUT2D eigenvalue weighted by Gasteiger charge is -2.27. The Morgan fingerprint density at radius 2 is 0.606 bits per heavy atom. The van der Waals surface area contributed by atoms with Gasteiger partial charge in [-0.2, -0.15) is 0 Å². The van der Waals surface area contributed by atoms with Crippen LogP contribution in [0.1, 0.15) is 354 Å². The van der Waals surface area contributed by atoms with E-state index in [1.807, 2.05) is 0 Å². The van der Waals surface area contributed by atoms with Gasteiger partial charge in [-0.05, 0) is 32.1 Å². The monoisotopic (exact) mass is 1000 g/mol. The summed E-state index contributed by atoms with van der Waals surface area (Å²) in [5, 5.41) is 19.2. The summed E-state index contributed by atoms with van der Waals surface area (Å²) in [6, 6.07) is 0. The van der Waals surface area contributed by atoms with Crippen LogP contribution in [0, 0.1) is 11.3 Å². The number of esters is 2. The van der Waals surface area contributed by atoms with Crippen molar-refractivity contribution in [1.29, 1.82) is 0 Å². The normalized spacial score (nSPS) is 15.3. The van der Waals surface area contributed by atoms with Crippen molar-refractivity contribution in [2.45, 2.75) is 354 Å². The van der Waals surface area contributed by atoms with Gasteiger partial charge in [0.15, 0.2) is 0 Å². The fourth-order valence-corrected chi connectivity index (χ4v) is 10.8. The van der Waals surface area contributed by atoms with Crippen molar-refractivity contribution in [3.05, 3.63) is 12.2 Å². The highest BCUT2D eigenvalue weighted by Crippen LogP contribution is 2.25. The Kier molecular flexibility index (Phi) is 52.2. The predicted molar refractivity (Wildman–Crippen MR) is 306 cm³/mol. The van der Waals surface area contributed by atoms with Gasteiger partial charge in [0.05, 0.1) is 31.0 Å². The van der Waals surface area contributed by atoms with Crippen LogP contribution in [-0.4, -0.2) is 48.6 Å². The van der Waals surface area contributed by atoms with E-state index in [0.717, 1.165) is 19.3 Å². The Bertz CT molecular complexity index is 1120. The molecule has 0 spiro atoms.